The molecule has 21 heavy (non-hydrogen) atoms. The molecule has 3 amide bonds. The van der Waals surface area contributed by atoms with Gasteiger partial charge in [0.1, 0.15) is 6.04 Å². The van der Waals surface area contributed by atoms with Crippen LogP contribution in [0.4, 0.5) is 4.79 Å². The molecular weight excluding hydrogens is 274 g/mol. The maximum Gasteiger partial charge on any atom is 0.326 e. The van der Waals surface area contributed by atoms with Crippen LogP contribution >= 0.6 is 0 Å². The van der Waals surface area contributed by atoms with Crippen molar-refractivity contribution in [1.29, 1.82) is 0 Å². The molecule has 0 radical (unpaired) electrons. The molecule has 5 N–H and O–H groups in total. The molecule has 0 heterocycles. The molecule has 0 saturated heterocycles. The molecule has 0 rings (SSSR count). The lowest BCUT2D eigenvalue weighted by atomic mass is 10.0. The quantitative estimate of drug-likeness (QED) is 0.429. The van der Waals surface area contributed by atoms with Gasteiger partial charge in [0.2, 0.25) is 5.91 Å². The summed E-state index contributed by atoms with van der Waals surface area (Å²) < 4.78 is 0. The average Bonchev–Trinajstić information content (AvgIpc) is 2.35. The summed E-state index contributed by atoms with van der Waals surface area (Å²) in [6.07, 6.45) is 4.97. The highest BCUT2D eigenvalue weighted by Crippen LogP contribution is 2.08. The third kappa shape index (κ3) is 11.7. The molecule has 0 aromatic carbocycles. The number of aliphatic carboxylic acids is 1. The van der Waals surface area contributed by atoms with Gasteiger partial charge in [0.25, 0.3) is 0 Å². The summed E-state index contributed by atoms with van der Waals surface area (Å²) in [4.78, 5) is 33.0. The number of nitrogens with two attached hydrogens (primary N) is 1. The molecule has 0 fully saturated rings. The van der Waals surface area contributed by atoms with Gasteiger partial charge in [-0.05, 0) is 12.3 Å². The lowest BCUT2D eigenvalue weighted by Gasteiger charge is -2.13. The van der Waals surface area contributed by atoms with Gasteiger partial charge in [-0.3, -0.25) is 4.79 Å². The van der Waals surface area contributed by atoms with E-state index >= 15 is 0 Å². The van der Waals surface area contributed by atoms with Crippen molar-refractivity contribution in [3.8, 4) is 0 Å². The highest BCUT2D eigenvalue weighted by atomic mass is 16.4. The summed E-state index contributed by atoms with van der Waals surface area (Å²) in [6.45, 7) is 4.87. The summed E-state index contributed by atoms with van der Waals surface area (Å²) >= 11 is 0. The van der Waals surface area contributed by atoms with Crippen molar-refractivity contribution in [3.05, 3.63) is 0 Å². The third-order valence-electron chi connectivity index (χ3n) is 3.00. The van der Waals surface area contributed by atoms with E-state index in [-0.39, 0.29) is 0 Å². The van der Waals surface area contributed by atoms with Gasteiger partial charge < -0.3 is 21.5 Å². The Hall–Kier alpha value is -1.79. The number of urea groups is 1. The first kappa shape index (κ1) is 19.2. The van der Waals surface area contributed by atoms with Gasteiger partial charge in [-0.15, -0.1) is 0 Å². The standard InChI is InChI=1S/C14H27N3O4/c1-10(2)7-5-3-4-6-8-16-14(21)17-11(13(19)20)9-12(15)18/h10-11H,3-9H2,1-2H3,(H2,15,18)(H,19,20)(H2,16,17,21). The zero-order valence-electron chi connectivity index (χ0n) is 12.9. The van der Waals surface area contributed by atoms with Crippen molar-refractivity contribution < 1.29 is 19.5 Å². The summed E-state index contributed by atoms with van der Waals surface area (Å²) in [5.41, 5.74) is 4.92. The van der Waals surface area contributed by atoms with Crippen molar-refractivity contribution in [3.63, 3.8) is 0 Å². The fourth-order valence-electron chi connectivity index (χ4n) is 1.84. The molecule has 0 aromatic heterocycles. The van der Waals surface area contributed by atoms with Gasteiger partial charge in [0, 0.05) is 6.54 Å². The Balaban J connectivity index is 3.73. The second-order valence-electron chi connectivity index (χ2n) is 5.56. The van der Waals surface area contributed by atoms with Crippen molar-refractivity contribution in [2.45, 2.75) is 58.4 Å². The van der Waals surface area contributed by atoms with Crippen molar-refractivity contribution in [2.75, 3.05) is 6.54 Å². The number of unbranched alkanes of at least 4 members (excludes halogenated alkanes) is 3. The Kier molecular flexibility index (Phi) is 10.0. The van der Waals surface area contributed by atoms with Crippen LogP contribution in [0, 0.1) is 5.92 Å². The normalized spacial score (nSPS) is 12.0. The Labute approximate surface area is 125 Å². The van der Waals surface area contributed by atoms with Gasteiger partial charge in [-0.25, -0.2) is 9.59 Å². The zero-order valence-corrected chi connectivity index (χ0v) is 12.9. The van der Waals surface area contributed by atoms with Gasteiger partial charge in [0.15, 0.2) is 0 Å². The Morgan fingerprint density at radius 2 is 1.71 bits per heavy atom. The van der Waals surface area contributed by atoms with Crippen LogP contribution in [0.5, 0.6) is 0 Å². The van der Waals surface area contributed by atoms with E-state index in [1.807, 2.05) is 0 Å². The van der Waals surface area contributed by atoms with Crippen LogP contribution in [0.15, 0.2) is 0 Å². The minimum absolute atomic E-state index is 0.419. The van der Waals surface area contributed by atoms with E-state index < -0.39 is 30.4 Å². The van der Waals surface area contributed by atoms with E-state index in [1.165, 1.54) is 12.8 Å². The molecule has 122 valence electrons. The molecule has 0 aromatic rings. The number of carbonyl (C=O) groups excluding carboxylic acids is 2. The van der Waals surface area contributed by atoms with Crippen molar-refractivity contribution in [1.82, 2.24) is 10.6 Å². The Morgan fingerprint density at radius 3 is 2.24 bits per heavy atom. The predicted octanol–water partition coefficient (Wildman–Crippen LogP) is 1.22. The van der Waals surface area contributed by atoms with E-state index in [0.717, 1.165) is 19.3 Å². The van der Waals surface area contributed by atoms with Crippen LogP contribution in [0.25, 0.3) is 0 Å². The first-order valence-corrected chi connectivity index (χ1v) is 7.38. The van der Waals surface area contributed by atoms with Crippen LogP contribution in [0.2, 0.25) is 0 Å². The van der Waals surface area contributed by atoms with Crippen molar-refractivity contribution in [2.24, 2.45) is 11.7 Å². The number of nitrogens with one attached hydrogen (secondary N) is 2. The lowest BCUT2D eigenvalue weighted by molar-refractivity contribution is -0.140. The second kappa shape index (κ2) is 10.9. The van der Waals surface area contributed by atoms with Crippen LogP contribution < -0.4 is 16.4 Å². The van der Waals surface area contributed by atoms with E-state index in [0.29, 0.717) is 12.5 Å². The Morgan fingerprint density at radius 1 is 1.10 bits per heavy atom. The number of primary amides is 1. The lowest BCUT2D eigenvalue weighted by Crippen LogP contribution is -2.47. The molecule has 1 unspecified atom stereocenters. The molecule has 0 aliphatic heterocycles. The molecule has 7 nitrogen and oxygen atoms in total. The molecule has 0 bridgehead atoms. The van der Waals surface area contributed by atoms with Crippen LogP contribution in [-0.2, 0) is 9.59 Å². The van der Waals surface area contributed by atoms with Crippen LogP contribution in [0.1, 0.15) is 52.4 Å². The summed E-state index contributed by atoms with van der Waals surface area (Å²) in [5, 5.41) is 13.6. The van der Waals surface area contributed by atoms with E-state index in [4.69, 9.17) is 10.8 Å². The number of carbonyl (C=O) groups is 3. The number of carboxylic acids is 1. The zero-order chi connectivity index (χ0) is 16.3. The fourth-order valence-corrected chi connectivity index (χ4v) is 1.84. The van der Waals surface area contributed by atoms with Gasteiger partial charge >= 0.3 is 12.0 Å². The van der Waals surface area contributed by atoms with Crippen LogP contribution in [-0.4, -0.2) is 35.6 Å². The predicted molar refractivity (Wildman–Crippen MR) is 79.7 cm³/mol. The largest absolute Gasteiger partial charge is 0.480 e. The SMILES string of the molecule is CC(C)CCCCCCNC(=O)NC(CC(N)=O)C(=O)O. The van der Waals surface area contributed by atoms with E-state index in [9.17, 15) is 14.4 Å². The molecule has 0 aliphatic rings. The van der Waals surface area contributed by atoms with Gasteiger partial charge in [0.05, 0.1) is 6.42 Å². The van der Waals surface area contributed by atoms with Gasteiger partial charge in [-0.2, -0.15) is 0 Å². The molecule has 1 atom stereocenters. The molecule has 7 heteroatoms. The number of carboxylic acid groups (broad SMARTS) is 1. The van der Waals surface area contributed by atoms with Crippen LogP contribution in [0.3, 0.4) is 0 Å². The Bertz CT molecular complexity index is 345. The minimum atomic E-state index is -1.28. The summed E-state index contributed by atoms with van der Waals surface area (Å²) in [7, 11) is 0. The molecule has 0 spiro atoms. The van der Waals surface area contributed by atoms with Crippen molar-refractivity contribution >= 4 is 17.9 Å². The summed E-state index contributed by atoms with van der Waals surface area (Å²) in [5.74, 6) is -1.34. The number of hydrogen-bond acceptors (Lipinski definition) is 3. The minimum Gasteiger partial charge on any atom is -0.480 e. The number of hydrogen-bond donors (Lipinski definition) is 4. The first-order chi connectivity index (χ1) is 9.82. The molecule has 0 aliphatic carbocycles. The number of amides is 3. The maximum atomic E-state index is 11.5. The topological polar surface area (TPSA) is 122 Å². The second-order valence-corrected chi connectivity index (χ2v) is 5.56. The highest BCUT2D eigenvalue weighted by molar-refractivity contribution is 5.87. The van der Waals surface area contributed by atoms with E-state index in [1.54, 1.807) is 0 Å². The van der Waals surface area contributed by atoms with Gasteiger partial charge in [-0.1, -0.05) is 39.5 Å². The average molecular weight is 301 g/mol. The smallest absolute Gasteiger partial charge is 0.326 e. The molecule has 0 saturated carbocycles. The summed E-state index contributed by atoms with van der Waals surface area (Å²) in [6, 6.07) is -1.88. The monoisotopic (exact) mass is 301 g/mol. The highest BCUT2D eigenvalue weighted by Gasteiger charge is 2.21. The third-order valence-corrected chi connectivity index (χ3v) is 3.00. The fraction of sp³-hybridized carbons (Fsp3) is 0.786. The first-order valence-electron chi connectivity index (χ1n) is 7.38. The number of rotatable bonds is 11. The maximum absolute atomic E-state index is 11.5. The molecular formula is C14H27N3O4. The van der Waals surface area contributed by atoms with E-state index in [2.05, 4.69) is 24.5 Å².